The van der Waals surface area contributed by atoms with Crippen molar-refractivity contribution in [1.82, 2.24) is 9.97 Å². The van der Waals surface area contributed by atoms with Crippen molar-refractivity contribution in [2.75, 3.05) is 0 Å². The summed E-state index contributed by atoms with van der Waals surface area (Å²) in [6.07, 6.45) is 5.49. The first-order valence-corrected chi connectivity index (χ1v) is 5.60. The molecule has 0 fully saturated rings. The standard InChI is InChI=1S/C14H11BN2/c15-11-1-2-14-13(9-11)12(5-8-17-14)10-3-6-16-7-4-10/h1-9H,15H2. The molecule has 0 amide bonds. The van der Waals surface area contributed by atoms with Crippen LogP contribution in [-0.4, -0.2) is 17.8 Å². The second kappa shape index (κ2) is 4.02. The number of aromatic nitrogens is 2. The fraction of sp³-hybridized carbons (Fsp3) is 0. The van der Waals surface area contributed by atoms with Crippen LogP contribution >= 0.6 is 0 Å². The summed E-state index contributed by atoms with van der Waals surface area (Å²) in [6.45, 7) is 0. The highest BCUT2D eigenvalue weighted by Crippen LogP contribution is 2.25. The first-order chi connectivity index (χ1) is 8.34. The molecular weight excluding hydrogens is 207 g/mol. The molecule has 2 heterocycles. The molecule has 3 rings (SSSR count). The Kier molecular flexibility index (Phi) is 2.37. The Balaban J connectivity index is 2.33. The molecule has 1 aromatic carbocycles. The Morgan fingerprint density at radius 1 is 0.882 bits per heavy atom. The molecule has 0 aliphatic heterocycles. The van der Waals surface area contributed by atoms with Gasteiger partial charge in [0.1, 0.15) is 7.85 Å². The zero-order valence-corrected chi connectivity index (χ0v) is 9.59. The molecule has 0 saturated carbocycles. The van der Waals surface area contributed by atoms with E-state index in [1.54, 1.807) is 0 Å². The van der Waals surface area contributed by atoms with Crippen molar-refractivity contribution in [3.05, 3.63) is 55.0 Å². The molecule has 0 aliphatic carbocycles. The number of hydrogen-bond donors (Lipinski definition) is 0. The van der Waals surface area contributed by atoms with Gasteiger partial charge in [0.15, 0.2) is 0 Å². The summed E-state index contributed by atoms with van der Waals surface area (Å²) in [5.41, 5.74) is 4.67. The molecule has 0 atom stereocenters. The minimum Gasteiger partial charge on any atom is -0.265 e. The number of benzene rings is 1. The van der Waals surface area contributed by atoms with Gasteiger partial charge in [0.25, 0.3) is 0 Å². The van der Waals surface area contributed by atoms with Gasteiger partial charge in [-0.2, -0.15) is 0 Å². The van der Waals surface area contributed by atoms with E-state index >= 15 is 0 Å². The number of rotatable bonds is 1. The summed E-state index contributed by atoms with van der Waals surface area (Å²) >= 11 is 0. The lowest BCUT2D eigenvalue weighted by Gasteiger charge is -2.06. The zero-order valence-electron chi connectivity index (χ0n) is 9.59. The van der Waals surface area contributed by atoms with Gasteiger partial charge in [0.2, 0.25) is 0 Å². The molecule has 0 radical (unpaired) electrons. The Morgan fingerprint density at radius 3 is 2.53 bits per heavy atom. The summed E-state index contributed by atoms with van der Waals surface area (Å²) in [5.74, 6) is 0. The summed E-state index contributed by atoms with van der Waals surface area (Å²) in [5, 5.41) is 1.19. The smallest absolute Gasteiger partial charge is 0.139 e. The molecule has 0 aliphatic rings. The van der Waals surface area contributed by atoms with Crippen molar-refractivity contribution in [3.8, 4) is 11.1 Å². The summed E-state index contributed by atoms with van der Waals surface area (Å²) in [4.78, 5) is 8.45. The minimum atomic E-state index is 1.03. The second-order valence-electron chi connectivity index (χ2n) is 4.12. The van der Waals surface area contributed by atoms with Crippen LogP contribution in [0.25, 0.3) is 22.0 Å². The van der Waals surface area contributed by atoms with Crippen molar-refractivity contribution in [2.45, 2.75) is 0 Å². The third-order valence-corrected chi connectivity index (χ3v) is 2.89. The van der Waals surface area contributed by atoms with Gasteiger partial charge < -0.3 is 0 Å². The highest BCUT2D eigenvalue weighted by molar-refractivity contribution is 6.33. The molecule has 17 heavy (non-hydrogen) atoms. The maximum atomic E-state index is 4.39. The normalized spacial score (nSPS) is 10.6. The molecule has 0 N–H and O–H groups in total. The van der Waals surface area contributed by atoms with Crippen LogP contribution in [0.1, 0.15) is 0 Å². The van der Waals surface area contributed by atoms with E-state index in [1.165, 1.54) is 22.0 Å². The monoisotopic (exact) mass is 218 g/mol. The van der Waals surface area contributed by atoms with Crippen molar-refractivity contribution in [2.24, 2.45) is 0 Å². The average Bonchev–Trinajstić information content (AvgIpc) is 2.39. The molecule has 0 unspecified atom stereocenters. The van der Waals surface area contributed by atoms with E-state index in [1.807, 2.05) is 30.7 Å². The zero-order chi connectivity index (χ0) is 11.7. The molecule has 0 spiro atoms. The number of hydrogen-bond acceptors (Lipinski definition) is 2. The van der Waals surface area contributed by atoms with Crippen molar-refractivity contribution in [3.63, 3.8) is 0 Å². The van der Waals surface area contributed by atoms with E-state index in [4.69, 9.17) is 0 Å². The highest BCUT2D eigenvalue weighted by Gasteiger charge is 2.03. The van der Waals surface area contributed by atoms with Crippen LogP contribution in [0.15, 0.2) is 55.0 Å². The first-order valence-electron chi connectivity index (χ1n) is 5.60. The first kappa shape index (κ1) is 10.0. The summed E-state index contributed by atoms with van der Waals surface area (Å²) < 4.78 is 0. The van der Waals surface area contributed by atoms with Crippen molar-refractivity contribution < 1.29 is 0 Å². The van der Waals surface area contributed by atoms with E-state index in [2.05, 4.69) is 42.1 Å². The van der Waals surface area contributed by atoms with Crippen LogP contribution in [0, 0.1) is 0 Å². The van der Waals surface area contributed by atoms with E-state index < -0.39 is 0 Å². The van der Waals surface area contributed by atoms with Crippen LogP contribution in [0.2, 0.25) is 0 Å². The second-order valence-corrected chi connectivity index (χ2v) is 4.12. The van der Waals surface area contributed by atoms with Crippen molar-refractivity contribution >= 4 is 24.2 Å². The van der Waals surface area contributed by atoms with Crippen LogP contribution in [-0.2, 0) is 0 Å². The highest BCUT2D eigenvalue weighted by atomic mass is 14.6. The Labute approximate surface area is 101 Å². The lowest BCUT2D eigenvalue weighted by atomic mass is 9.92. The molecule has 2 aromatic heterocycles. The van der Waals surface area contributed by atoms with Crippen molar-refractivity contribution in [1.29, 1.82) is 0 Å². The van der Waals surface area contributed by atoms with E-state index in [0.717, 1.165) is 5.52 Å². The number of fused-ring (bicyclic) bond motifs is 1. The van der Waals surface area contributed by atoms with Crippen LogP contribution in [0.3, 0.4) is 0 Å². The molecule has 0 bridgehead atoms. The minimum absolute atomic E-state index is 1.03. The third kappa shape index (κ3) is 1.80. The lowest BCUT2D eigenvalue weighted by molar-refractivity contribution is 1.33. The van der Waals surface area contributed by atoms with Gasteiger partial charge in [-0.15, -0.1) is 0 Å². The van der Waals surface area contributed by atoms with Crippen LogP contribution < -0.4 is 5.46 Å². The largest absolute Gasteiger partial charge is 0.265 e. The van der Waals surface area contributed by atoms with Crippen LogP contribution in [0.5, 0.6) is 0 Å². The molecule has 3 aromatic rings. The number of pyridine rings is 2. The number of nitrogens with zero attached hydrogens (tertiary/aromatic N) is 2. The summed E-state index contributed by atoms with van der Waals surface area (Å²) in [6, 6.07) is 12.4. The topological polar surface area (TPSA) is 25.8 Å². The Morgan fingerprint density at radius 2 is 1.71 bits per heavy atom. The molecule has 80 valence electrons. The predicted molar refractivity (Wildman–Crippen MR) is 73.2 cm³/mol. The maximum Gasteiger partial charge on any atom is 0.139 e. The summed E-state index contributed by atoms with van der Waals surface area (Å²) in [7, 11) is 2.10. The van der Waals surface area contributed by atoms with Gasteiger partial charge in [-0.3, -0.25) is 9.97 Å². The van der Waals surface area contributed by atoms with Gasteiger partial charge in [0.05, 0.1) is 5.52 Å². The fourth-order valence-corrected chi connectivity index (χ4v) is 2.04. The van der Waals surface area contributed by atoms with Gasteiger partial charge >= 0.3 is 0 Å². The van der Waals surface area contributed by atoms with E-state index in [0.29, 0.717) is 0 Å². The molecule has 3 heteroatoms. The molecular formula is C14H11BN2. The quantitative estimate of drug-likeness (QED) is 0.579. The molecule has 0 saturated heterocycles. The Bertz CT molecular complexity index is 665. The van der Waals surface area contributed by atoms with Gasteiger partial charge in [0, 0.05) is 24.0 Å². The Hall–Kier alpha value is -2.16. The SMILES string of the molecule is Bc1ccc2nccc(-c3ccncc3)c2c1. The van der Waals surface area contributed by atoms with E-state index in [-0.39, 0.29) is 0 Å². The maximum absolute atomic E-state index is 4.39. The predicted octanol–water partition coefficient (Wildman–Crippen LogP) is 1.56. The van der Waals surface area contributed by atoms with Gasteiger partial charge in [-0.05, 0) is 35.4 Å². The van der Waals surface area contributed by atoms with E-state index in [9.17, 15) is 0 Å². The van der Waals surface area contributed by atoms with Gasteiger partial charge in [-0.1, -0.05) is 17.6 Å². The molecule has 2 nitrogen and oxygen atoms in total. The van der Waals surface area contributed by atoms with Gasteiger partial charge in [-0.25, -0.2) is 0 Å². The third-order valence-electron chi connectivity index (χ3n) is 2.89. The van der Waals surface area contributed by atoms with Crippen LogP contribution in [0.4, 0.5) is 0 Å². The average molecular weight is 218 g/mol. The lowest BCUT2D eigenvalue weighted by Crippen LogP contribution is -2.00. The fourth-order valence-electron chi connectivity index (χ4n) is 2.04.